The number of aromatic nitrogens is 2. The Balaban J connectivity index is 1.70. The number of amides is 2. The second-order valence-corrected chi connectivity index (χ2v) is 6.69. The summed E-state index contributed by atoms with van der Waals surface area (Å²) in [6.45, 7) is 7.94. The standard InChI is InChI=1S/C17H26N4O3/c1-3-20-12-17(13(15(20)22)11-24-4-2)6-9-21(10-7-17)16(23)14-5-8-18-19-14/h5,8,13H,3-4,6-7,9-12H2,1-2H3,(H,18,19). The molecule has 0 aromatic carbocycles. The SMILES string of the molecule is CCOCC1C(=O)N(CC)CC12CCN(C(=O)c1ccn[nH]1)CC2. The van der Waals surface area contributed by atoms with Crippen molar-refractivity contribution in [3.05, 3.63) is 18.0 Å². The smallest absolute Gasteiger partial charge is 0.271 e. The molecule has 1 aromatic heterocycles. The maximum Gasteiger partial charge on any atom is 0.271 e. The number of rotatable bonds is 5. The van der Waals surface area contributed by atoms with Crippen molar-refractivity contribution in [2.45, 2.75) is 26.7 Å². The lowest BCUT2D eigenvalue weighted by Crippen LogP contribution is -2.47. The molecule has 1 unspecified atom stereocenters. The summed E-state index contributed by atoms with van der Waals surface area (Å²) in [6, 6.07) is 1.70. The lowest BCUT2D eigenvalue weighted by Gasteiger charge is -2.41. The number of ether oxygens (including phenoxy) is 1. The first-order valence-electron chi connectivity index (χ1n) is 8.76. The molecular formula is C17H26N4O3. The van der Waals surface area contributed by atoms with E-state index in [1.165, 1.54) is 0 Å². The van der Waals surface area contributed by atoms with E-state index in [0.29, 0.717) is 32.0 Å². The van der Waals surface area contributed by atoms with Crippen LogP contribution in [0.4, 0.5) is 0 Å². The van der Waals surface area contributed by atoms with Crippen molar-refractivity contribution in [1.82, 2.24) is 20.0 Å². The van der Waals surface area contributed by atoms with E-state index >= 15 is 0 Å². The second-order valence-electron chi connectivity index (χ2n) is 6.69. The summed E-state index contributed by atoms with van der Waals surface area (Å²) in [5.41, 5.74) is 0.460. The predicted octanol–water partition coefficient (Wildman–Crippen LogP) is 1.15. The molecule has 24 heavy (non-hydrogen) atoms. The zero-order valence-corrected chi connectivity index (χ0v) is 14.5. The number of likely N-dealkylation sites (tertiary alicyclic amines) is 2. The molecule has 0 radical (unpaired) electrons. The number of nitrogens with one attached hydrogen (secondary N) is 1. The number of hydrogen-bond acceptors (Lipinski definition) is 4. The van der Waals surface area contributed by atoms with Gasteiger partial charge < -0.3 is 14.5 Å². The summed E-state index contributed by atoms with van der Waals surface area (Å²) in [6.07, 6.45) is 3.27. The maximum absolute atomic E-state index is 12.7. The molecule has 2 saturated heterocycles. The van der Waals surface area contributed by atoms with Gasteiger partial charge in [0.2, 0.25) is 5.91 Å². The summed E-state index contributed by atoms with van der Waals surface area (Å²) < 4.78 is 5.60. The van der Waals surface area contributed by atoms with Gasteiger partial charge in [0.15, 0.2) is 0 Å². The van der Waals surface area contributed by atoms with Crippen molar-refractivity contribution in [2.24, 2.45) is 11.3 Å². The molecule has 2 aliphatic heterocycles. The largest absolute Gasteiger partial charge is 0.381 e. The normalized spacial score (nSPS) is 23.2. The molecule has 1 atom stereocenters. The average Bonchev–Trinajstić information content (AvgIpc) is 3.21. The minimum atomic E-state index is -0.0817. The van der Waals surface area contributed by atoms with Gasteiger partial charge in [0.05, 0.1) is 12.5 Å². The fraction of sp³-hybridized carbons (Fsp3) is 0.706. The van der Waals surface area contributed by atoms with Crippen LogP contribution in [0, 0.1) is 11.3 Å². The molecule has 0 aliphatic carbocycles. The highest BCUT2D eigenvalue weighted by Crippen LogP contribution is 2.45. The van der Waals surface area contributed by atoms with Crippen LogP contribution in [0.2, 0.25) is 0 Å². The van der Waals surface area contributed by atoms with Gasteiger partial charge in [0.1, 0.15) is 5.69 Å². The highest BCUT2D eigenvalue weighted by Gasteiger charge is 2.52. The molecule has 1 N–H and O–H groups in total. The number of H-pyrrole nitrogens is 1. The van der Waals surface area contributed by atoms with Crippen molar-refractivity contribution >= 4 is 11.8 Å². The monoisotopic (exact) mass is 334 g/mol. The Hall–Kier alpha value is -1.89. The average molecular weight is 334 g/mol. The molecular weight excluding hydrogens is 308 g/mol. The molecule has 2 aliphatic rings. The van der Waals surface area contributed by atoms with E-state index in [0.717, 1.165) is 25.9 Å². The van der Waals surface area contributed by atoms with Crippen LogP contribution < -0.4 is 0 Å². The minimum Gasteiger partial charge on any atom is -0.381 e. The van der Waals surface area contributed by atoms with Crippen molar-refractivity contribution in [2.75, 3.05) is 39.4 Å². The van der Waals surface area contributed by atoms with Gasteiger partial charge in [-0.25, -0.2) is 0 Å². The molecule has 0 saturated carbocycles. The Kier molecular flexibility index (Phi) is 4.89. The molecule has 132 valence electrons. The van der Waals surface area contributed by atoms with Crippen molar-refractivity contribution in [1.29, 1.82) is 0 Å². The summed E-state index contributed by atoms with van der Waals surface area (Å²) in [5, 5.41) is 6.58. The van der Waals surface area contributed by atoms with Crippen LogP contribution >= 0.6 is 0 Å². The van der Waals surface area contributed by atoms with Crippen LogP contribution in [0.25, 0.3) is 0 Å². The number of nitrogens with zero attached hydrogens (tertiary/aromatic N) is 3. The topological polar surface area (TPSA) is 78.5 Å². The van der Waals surface area contributed by atoms with Crippen LogP contribution in [0.3, 0.4) is 0 Å². The number of carbonyl (C=O) groups excluding carboxylic acids is 2. The van der Waals surface area contributed by atoms with E-state index in [4.69, 9.17) is 4.74 Å². The van der Waals surface area contributed by atoms with Gasteiger partial charge in [-0.2, -0.15) is 5.10 Å². The van der Waals surface area contributed by atoms with Gasteiger partial charge in [-0.05, 0) is 32.8 Å². The van der Waals surface area contributed by atoms with Crippen LogP contribution in [0.1, 0.15) is 37.2 Å². The van der Waals surface area contributed by atoms with Crippen molar-refractivity contribution in [3.8, 4) is 0 Å². The first-order valence-corrected chi connectivity index (χ1v) is 8.76. The quantitative estimate of drug-likeness (QED) is 0.876. The number of hydrogen-bond donors (Lipinski definition) is 1. The van der Waals surface area contributed by atoms with Gasteiger partial charge in [-0.1, -0.05) is 0 Å². The third-order valence-corrected chi connectivity index (χ3v) is 5.50. The van der Waals surface area contributed by atoms with E-state index in [1.807, 2.05) is 23.6 Å². The van der Waals surface area contributed by atoms with Crippen LogP contribution in [-0.2, 0) is 9.53 Å². The third kappa shape index (κ3) is 2.92. The highest BCUT2D eigenvalue weighted by molar-refractivity contribution is 5.92. The van der Waals surface area contributed by atoms with Crippen molar-refractivity contribution in [3.63, 3.8) is 0 Å². The van der Waals surface area contributed by atoms with Crippen molar-refractivity contribution < 1.29 is 14.3 Å². The van der Waals surface area contributed by atoms with Gasteiger partial charge >= 0.3 is 0 Å². The first kappa shape index (κ1) is 17.0. The van der Waals surface area contributed by atoms with Crippen LogP contribution in [0.5, 0.6) is 0 Å². The summed E-state index contributed by atoms with van der Waals surface area (Å²) >= 11 is 0. The summed E-state index contributed by atoms with van der Waals surface area (Å²) in [5.74, 6) is 0.112. The Morgan fingerprint density at radius 2 is 2.17 bits per heavy atom. The number of piperidine rings is 1. The molecule has 3 heterocycles. The molecule has 0 bridgehead atoms. The minimum absolute atomic E-state index is 0.0135. The lowest BCUT2D eigenvalue weighted by atomic mass is 9.71. The molecule has 1 spiro atoms. The fourth-order valence-electron chi connectivity index (χ4n) is 4.01. The molecule has 2 amide bonds. The lowest BCUT2D eigenvalue weighted by molar-refractivity contribution is -0.133. The highest BCUT2D eigenvalue weighted by atomic mass is 16.5. The molecule has 7 nitrogen and oxygen atoms in total. The van der Waals surface area contributed by atoms with E-state index in [-0.39, 0.29) is 23.1 Å². The second kappa shape index (κ2) is 6.93. The fourth-order valence-corrected chi connectivity index (χ4v) is 4.01. The maximum atomic E-state index is 12.7. The predicted molar refractivity (Wildman–Crippen MR) is 88.4 cm³/mol. The van der Waals surface area contributed by atoms with Crippen LogP contribution in [-0.4, -0.2) is 71.2 Å². The zero-order valence-electron chi connectivity index (χ0n) is 14.5. The molecule has 3 rings (SSSR count). The summed E-state index contributed by atoms with van der Waals surface area (Å²) in [4.78, 5) is 28.9. The van der Waals surface area contributed by atoms with Gasteiger partial charge in [-0.3, -0.25) is 14.7 Å². The molecule has 2 fully saturated rings. The van der Waals surface area contributed by atoms with E-state index < -0.39 is 0 Å². The Labute approximate surface area is 142 Å². The van der Waals surface area contributed by atoms with Crippen LogP contribution in [0.15, 0.2) is 12.3 Å². The summed E-state index contributed by atoms with van der Waals surface area (Å²) in [7, 11) is 0. The van der Waals surface area contributed by atoms with Gasteiger partial charge in [0.25, 0.3) is 5.91 Å². The Morgan fingerprint density at radius 1 is 1.42 bits per heavy atom. The molecule has 7 heteroatoms. The third-order valence-electron chi connectivity index (χ3n) is 5.50. The zero-order chi connectivity index (χ0) is 17.2. The number of carbonyl (C=O) groups is 2. The Bertz CT molecular complexity index is 579. The van der Waals surface area contributed by atoms with E-state index in [2.05, 4.69) is 10.2 Å². The van der Waals surface area contributed by atoms with E-state index in [1.54, 1.807) is 12.3 Å². The van der Waals surface area contributed by atoms with Gasteiger partial charge in [0, 0.05) is 44.4 Å². The van der Waals surface area contributed by atoms with E-state index in [9.17, 15) is 9.59 Å². The van der Waals surface area contributed by atoms with Gasteiger partial charge in [-0.15, -0.1) is 0 Å². The molecule has 1 aromatic rings. The number of aromatic amines is 1. The first-order chi connectivity index (χ1) is 11.6. The Morgan fingerprint density at radius 3 is 2.75 bits per heavy atom.